The van der Waals surface area contributed by atoms with Crippen LogP contribution in [0.2, 0.25) is 0 Å². The Hall–Kier alpha value is -2.56. The maximum absolute atomic E-state index is 13.9. The molecule has 2 rings (SSSR count). The number of nitrogens with one attached hydrogen (secondary N) is 1. The van der Waals surface area contributed by atoms with E-state index in [1.807, 2.05) is 36.2 Å². The summed E-state index contributed by atoms with van der Waals surface area (Å²) in [5.74, 6) is -0.0205. The fraction of sp³-hybridized carbons (Fsp3) is 0.350. The third-order valence-corrected chi connectivity index (χ3v) is 4.16. The maximum atomic E-state index is 13.9. The molecule has 5 heteroatoms. The van der Waals surface area contributed by atoms with Gasteiger partial charge in [-0.2, -0.15) is 0 Å². The van der Waals surface area contributed by atoms with Crippen LogP contribution in [0.4, 0.5) is 26.2 Å². The van der Waals surface area contributed by atoms with Crippen molar-refractivity contribution in [3.63, 3.8) is 0 Å². The summed E-state index contributed by atoms with van der Waals surface area (Å²) in [4.78, 5) is 13.7. The van der Waals surface area contributed by atoms with Crippen molar-refractivity contribution in [1.82, 2.24) is 0 Å². The van der Waals surface area contributed by atoms with E-state index in [9.17, 15) is 9.18 Å². The Labute approximate surface area is 148 Å². The number of amides is 1. The largest absolute Gasteiger partial charge is 0.450 e. The van der Waals surface area contributed by atoms with Crippen LogP contribution in [0.25, 0.3) is 0 Å². The van der Waals surface area contributed by atoms with Crippen molar-refractivity contribution in [2.24, 2.45) is 0 Å². The van der Waals surface area contributed by atoms with Crippen LogP contribution in [0.5, 0.6) is 0 Å². The van der Waals surface area contributed by atoms with E-state index >= 15 is 0 Å². The molecule has 0 radical (unpaired) electrons. The van der Waals surface area contributed by atoms with Gasteiger partial charge in [0.1, 0.15) is 5.82 Å². The fourth-order valence-corrected chi connectivity index (χ4v) is 2.73. The lowest BCUT2D eigenvalue weighted by Gasteiger charge is -2.24. The van der Waals surface area contributed by atoms with Crippen molar-refractivity contribution in [3.05, 3.63) is 53.3 Å². The Morgan fingerprint density at radius 2 is 2.00 bits per heavy atom. The molecule has 0 aliphatic carbocycles. The minimum atomic E-state index is -0.466. The molecule has 0 fully saturated rings. The van der Waals surface area contributed by atoms with E-state index < -0.39 is 6.09 Å². The Bertz CT molecular complexity index is 759. The molecular weight excluding hydrogens is 319 g/mol. The Kier molecular flexibility index (Phi) is 6.02. The van der Waals surface area contributed by atoms with Crippen LogP contribution in [-0.4, -0.2) is 19.7 Å². The molecule has 4 nitrogen and oxygen atoms in total. The van der Waals surface area contributed by atoms with E-state index in [0.29, 0.717) is 12.2 Å². The molecule has 0 saturated heterocycles. The van der Waals surface area contributed by atoms with Crippen molar-refractivity contribution in [1.29, 1.82) is 0 Å². The maximum Gasteiger partial charge on any atom is 0.411 e. The molecule has 0 spiro atoms. The van der Waals surface area contributed by atoms with Gasteiger partial charge in [0.25, 0.3) is 0 Å². The molecule has 0 heterocycles. The lowest BCUT2D eigenvalue weighted by molar-refractivity contribution is 0.168. The number of hydrogen-bond acceptors (Lipinski definition) is 3. The van der Waals surface area contributed by atoms with Gasteiger partial charge in [-0.1, -0.05) is 19.9 Å². The summed E-state index contributed by atoms with van der Waals surface area (Å²) in [5, 5.41) is 2.78. The average molecular weight is 344 g/mol. The summed E-state index contributed by atoms with van der Waals surface area (Å²) < 4.78 is 18.8. The Morgan fingerprint density at radius 1 is 1.28 bits per heavy atom. The highest BCUT2D eigenvalue weighted by Gasteiger charge is 2.15. The molecule has 0 aliphatic heterocycles. The molecule has 0 saturated carbocycles. The van der Waals surface area contributed by atoms with Crippen molar-refractivity contribution in [2.45, 2.75) is 33.6 Å². The number of rotatable bonds is 5. The normalized spacial score (nSPS) is 10.7. The molecule has 2 aromatic carbocycles. The van der Waals surface area contributed by atoms with Gasteiger partial charge in [-0.05, 0) is 55.7 Å². The van der Waals surface area contributed by atoms with E-state index in [1.165, 1.54) is 6.07 Å². The number of anilines is 3. The Morgan fingerprint density at radius 3 is 2.64 bits per heavy atom. The van der Waals surface area contributed by atoms with Gasteiger partial charge in [0.05, 0.1) is 6.61 Å². The molecule has 0 aromatic heterocycles. The van der Waals surface area contributed by atoms with Crippen molar-refractivity contribution in [2.75, 3.05) is 23.9 Å². The zero-order valence-corrected chi connectivity index (χ0v) is 15.4. The first-order valence-corrected chi connectivity index (χ1v) is 8.41. The number of carbonyl (C=O) groups is 1. The predicted octanol–water partition coefficient (Wildman–Crippen LogP) is 5.59. The first-order chi connectivity index (χ1) is 11.8. The minimum Gasteiger partial charge on any atom is -0.450 e. The van der Waals surface area contributed by atoms with Gasteiger partial charge < -0.3 is 9.64 Å². The van der Waals surface area contributed by atoms with Crippen LogP contribution < -0.4 is 10.2 Å². The third kappa shape index (κ3) is 4.29. The summed E-state index contributed by atoms with van der Waals surface area (Å²) >= 11 is 0. The summed E-state index contributed by atoms with van der Waals surface area (Å²) in [6.45, 7) is 7.97. The van der Waals surface area contributed by atoms with Gasteiger partial charge >= 0.3 is 6.09 Å². The lowest BCUT2D eigenvalue weighted by Crippen LogP contribution is -2.16. The molecule has 0 bridgehead atoms. The van der Waals surface area contributed by atoms with E-state index in [0.717, 1.165) is 22.6 Å². The average Bonchev–Trinajstić information content (AvgIpc) is 2.57. The summed E-state index contributed by atoms with van der Waals surface area (Å²) in [6, 6.07) is 10.8. The first kappa shape index (κ1) is 18.8. The highest BCUT2D eigenvalue weighted by molar-refractivity contribution is 5.86. The fourth-order valence-electron chi connectivity index (χ4n) is 2.73. The second kappa shape index (κ2) is 8.01. The van der Waals surface area contributed by atoms with E-state index in [2.05, 4.69) is 19.2 Å². The summed E-state index contributed by atoms with van der Waals surface area (Å²) in [6.07, 6.45) is -0.466. The highest BCUT2D eigenvalue weighted by Crippen LogP contribution is 2.33. The second-order valence-electron chi connectivity index (χ2n) is 6.21. The molecule has 0 unspecified atom stereocenters. The van der Waals surface area contributed by atoms with E-state index in [-0.39, 0.29) is 11.7 Å². The molecule has 134 valence electrons. The smallest absolute Gasteiger partial charge is 0.411 e. The van der Waals surface area contributed by atoms with E-state index in [4.69, 9.17) is 4.74 Å². The van der Waals surface area contributed by atoms with Gasteiger partial charge in [-0.3, -0.25) is 5.32 Å². The number of benzene rings is 2. The first-order valence-electron chi connectivity index (χ1n) is 8.41. The molecule has 0 aliphatic rings. The Balaban J connectivity index is 2.38. The van der Waals surface area contributed by atoms with Gasteiger partial charge in [0.15, 0.2) is 0 Å². The molecule has 2 aromatic rings. The summed E-state index contributed by atoms with van der Waals surface area (Å²) in [5.41, 5.74) is 4.05. The van der Waals surface area contributed by atoms with Crippen molar-refractivity contribution < 1.29 is 13.9 Å². The van der Waals surface area contributed by atoms with Crippen LogP contribution >= 0.6 is 0 Å². The monoisotopic (exact) mass is 344 g/mol. The van der Waals surface area contributed by atoms with E-state index in [1.54, 1.807) is 19.9 Å². The topological polar surface area (TPSA) is 41.6 Å². The lowest BCUT2D eigenvalue weighted by atomic mass is 9.99. The zero-order chi connectivity index (χ0) is 18.6. The predicted molar refractivity (Wildman–Crippen MR) is 100 cm³/mol. The van der Waals surface area contributed by atoms with Gasteiger partial charge in [-0.15, -0.1) is 0 Å². The standard InChI is InChI=1S/C20H25FN2O2/c1-6-25-20(24)22-18-11-10-15(12-16(18)13(2)3)23(5)19-9-7-8-17(21)14(19)4/h7-13H,6H2,1-5H3,(H,22,24). The SMILES string of the molecule is CCOC(=O)Nc1ccc(N(C)c2cccc(F)c2C)cc1C(C)C. The second-order valence-corrected chi connectivity index (χ2v) is 6.21. The van der Waals surface area contributed by atoms with Gasteiger partial charge in [0, 0.05) is 29.7 Å². The van der Waals surface area contributed by atoms with Crippen molar-refractivity contribution >= 4 is 23.2 Å². The number of nitrogens with zero attached hydrogens (tertiary/aromatic N) is 1. The number of carbonyl (C=O) groups excluding carboxylic acids is 1. The molecule has 0 atom stereocenters. The molecule has 25 heavy (non-hydrogen) atoms. The number of ether oxygens (including phenoxy) is 1. The van der Waals surface area contributed by atoms with Crippen LogP contribution in [0.15, 0.2) is 36.4 Å². The van der Waals surface area contributed by atoms with Gasteiger partial charge in [0.2, 0.25) is 0 Å². The van der Waals surface area contributed by atoms with Crippen LogP contribution in [0.1, 0.15) is 37.8 Å². The van der Waals surface area contributed by atoms with Crippen molar-refractivity contribution in [3.8, 4) is 0 Å². The quantitative estimate of drug-likeness (QED) is 0.768. The number of hydrogen-bond donors (Lipinski definition) is 1. The van der Waals surface area contributed by atoms with Crippen LogP contribution in [0, 0.1) is 12.7 Å². The van der Waals surface area contributed by atoms with Crippen LogP contribution in [0.3, 0.4) is 0 Å². The molecule has 1 N–H and O–H groups in total. The third-order valence-electron chi connectivity index (χ3n) is 4.16. The van der Waals surface area contributed by atoms with Gasteiger partial charge in [-0.25, -0.2) is 9.18 Å². The number of halogens is 1. The molecule has 1 amide bonds. The molecular formula is C20H25FN2O2. The highest BCUT2D eigenvalue weighted by atomic mass is 19.1. The summed E-state index contributed by atoms with van der Waals surface area (Å²) in [7, 11) is 1.90. The van der Waals surface area contributed by atoms with Crippen LogP contribution in [-0.2, 0) is 4.74 Å². The minimum absolute atomic E-state index is 0.207. The zero-order valence-electron chi connectivity index (χ0n) is 15.4.